The lowest BCUT2D eigenvalue weighted by Gasteiger charge is -2.16. The molecule has 8 nitrogen and oxygen atoms in total. The number of halogens is 1. The lowest BCUT2D eigenvalue weighted by atomic mass is 10.0. The van der Waals surface area contributed by atoms with Crippen molar-refractivity contribution in [2.75, 3.05) is 23.0 Å². The first kappa shape index (κ1) is 19.7. The lowest BCUT2D eigenvalue weighted by Crippen LogP contribution is -2.27. The van der Waals surface area contributed by atoms with Crippen molar-refractivity contribution in [3.8, 4) is 11.1 Å². The number of nitrogens with two attached hydrogens (primary N) is 1. The van der Waals surface area contributed by atoms with Gasteiger partial charge in [-0.05, 0) is 47.6 Å². The van der Waals surface area contributed by atoms with Gasteiger partial charge in [-0.25, -0.2) is 13.9 Å². The highest BCUT2D eigenvalue weighted by Crippen LogP contribution is 2.62. The molecule has 164 valence electrons. The van der Waals surface area contributed by atoms with E-state index in [1.165, 1.54) is 11.0 Å². The molecule has 0 bridgehead atoms. The van der Waals surface area contributed by atoms with Gasteiger partial charge in [0, 0.05) is 23.5 Å². The Kier molecular flexibility index (Phi) is 4.48. The summed E-state index contributed by atoms with van der Waals surface area (Å²) < 4.78 is 22.0. The first-order chi connectivity index (χ1) is 15.5. The number of thioether (sulfide) groups is 1. The Morgan fingerprint density at radius 1 is 1.25 bits per heavy atom. The van der Waals surface area contributed by atoms with Crippen LogP contribution in [0.25, 0.3) is 11.1 Å². The van der Waals surface area contributed by atoms with Crippen LogP contribution in [-0.4, -0.2) is 50.2 Å². The van der Waals surface area contributed by atoms with Crippen molar-refractivity contribution in [1.29, 1.82) is 0 Å². The highest BCUT2D eigenvalue weighted by Gasteiger charge is 2.66. The van der Waals surface area contributed by atoms with Crippen LogP contribution in [0.1, 0.15) is 5.69 Å². The van der Waals surface area contributed by atoms with Crippen molar-refractivity contribution in [2.24, 2.45) is 17.6 Å². The maximum absolute atomic E-state index is 15.0. The zero-order valence-corrected chi connectivity index (χ0v) is 17.9. The van der Waals surface area contributed by atoms with E-state index in [0.717, 1.165) is 17.2 Å². The average molecular weight is 453 g/mol. The van der Waals surface area contributed by atoms with Gasteiger partial charge in [0.25, 0.3) is 0 Å². The third kappa shape index (κ3) is 3.08. The van der Waals surface area contributed by atoms with Gasteiger partial charge in [0.15, 0.2) is 0 Å². The van der Waals surface area contributed by atoms with Crippen LogP contribution in [0.3, 0.4) is 0 Å². The second-order valence-corrected chi connectivity index (χ2v) is 9.60. The fraction of sp³-hybridized carbons (Fsp3) is 0.364. The summed E-state index contributed by atoms with van der Waals surface area (Å²) in [5.41, 5.74) is 8.69. The van der Waals surface area contributed by atoms with Crippen LogP contribution in [-0.2, 0) is 16.8 Å². The van der Waals surface area contributed by atoms with Crippen molar-refractivity contribution in [2.45, 2.75) is 18.2 Å². The summed E-state index contributed by atoms with van der Waals surface area (Å²) in [4.78, 5) is 18.3. The van der Waals surface area contributed by atoms with Gasteiger partial charge in [-0.3, -0.25) is 9.88 Å². The topological polar surface area (TPSA) is 99.2 Å². The molecule has 4 heterocycles. The number of nitrogens with zero attached hydrogens (tertiary/aromatic N) is 5. The molecule has 0 radical (unpaired) electrons. The Morgan fingerprint density at radius 2 is 2.09 bits per heavy atom. The fourth-order valence-corrected chi connectivity index (χ4v) is 6.51. The van der Waals surface area contributed by atoms with Crippen molar-refractivity contribution < 1.29 is 13.9 Å². The monoisotopic (exact) mass is 452 g/mol. The molecule has 2 aliphatic heterocycles. The molecule has 3 aromatic rings. The van der Waals surface area contributed by atoms with E-state index in [0.29, 0.717) is 41.7 Å². The number of anilines is 1. The Bertz CT molecular complexity index is 1160. The van der Waals surface area contributed by atoms with Gasteiger partial charge < -0.3 is 10.5 Å². The van der Waals surface area contributed by atoms with E-state index in [-0.39, 0.29) is 11.6 Å². The predicted octanol–water partition coefficient (Wildman–Crippen LogP) is 2.65. The number of cyclic esters (lactones) is 1. The standard InChI is InChI=1S/C22H21FN6O2S/c23-19-7-14(29-10-15(31-21(29)30)9-28-6-5-26-27-28)2-3-16(19)13-1-4-20(25-8-13)22(24)17-11-32-12-18(17)22/h1-8,15,17-18H,9-12,24H2/t15-,17?,18?,22?/m0/s1. The molecule has 1 aromatic carbocycles. The molecule has 0 spiro atoms. The molecule has 10 heteroatoms. The van der Waals surface area contributed by atoms with Crippen LogP contribution < -0.4 is 10.6 Å². The van der Waals surface area contributed by atoms with Gasteiger partial charge in [0.05, 0.1) is 36.2 Å². The molecule has 6 rings (SSSR count). The van der Waals surface area contributed by atoms with E-state index in [9.17, 15) is 9.18 Å². The summed E-state index contributed by atoms with van der Waals surface area (Å²) >= 11 is 1.94. The van der Waals surface area contributed by atoms with Crippen LogP contribution in [0.15, 0.2) is 48.9 Å². The molecule has 2 saturated heterocycles. The summed E-state index contributed by atoms with van der Waals surface area (Å²) in [6.07, 6.45) is 4.06. The second-order valence-electron chi connectivity index (χ2n) is 8.52. The van der Waals surface area contributed by atoms with Gasteiger partial charge in [0.1, 0.15) is 11.9 Å². The average Bonchev–Trinajstić information content (AvgIpc) is 3.36. The number of carbonyl (C=O) groups excluding carboxylic acids is 1. The number of ether oxygens (including phenoxy) is 1. The molecule has 1 amide bonds. The van der Waals surface area contributed by atoms with E-state index in [2.05, 4.69) is 15.3 Å². The molecule has 2 N–H and O–H groups in total. The molecule has 32 heavy (non-hydrogen) atoms. The number of hydrogen-bond donors (Lipinski definition) is 1. The van der Waals surface area contributed by atoms with Crippen molar-refractivity contribution in [3.05, 3.63) is 60.4 Å². The number of fused-ring (bicyclic) bond motifs is 1. The van der Waals surface area contributed by atoms with Gasteiger partial charge in [-0.15, -0.1) is 5.10 Å². The Morgan fingerprint density at radius 3 is 2.78 bits per heavy atom. The summed E-state index contributed by atoms with van der Waals surface area (Å²) in [7, 11) is 0. The maximum atomic E-state index is 15.0. The zero-order chi connectivity index (χ0) is 21.9. The van der Waals surface area contributed by atoms with Crippen LogP contribution in [0.4, 0.5) is 14.9 Å². The summed E-state index contributed by atoms with van der Waals surface area (Å²) in [6.45, 7) is 0.705. The Hall–Kier alpha value is -2.98. The van der Waals surface area contributed by atoms with E-state index >= 15 is 0 Å². The summed E-state index contributed by atoms with van der Waals surface area (Å²) in [5.74, 6) is 2.73. The molecule has 1 saturated carbocycles. The molecule has 1 aliphatic carbocycles. The van der Waals surface area contributed by atoms with E-state index < -0.39 is 11.9 Å². The number of benzene rings is 1. The van der Waals surface area contributed by atoms with E-state index in [4.69, 9.17) is 10.5 Å². The number of amides is 1. The SMILES string of the molecule is NC1(c2ccc(-c3ccc(N4C[C@H](Cn5ccnn5)OC4=O)cc3F)cn2)C2CSCC21. The highest BCUT2D eigenvalue weighted by molar-refractivity contribution is 7.99. The fourth-order valence-electron chi connectivity index (χ4n) is 4.85. The number of rotatable bonds is 5. The van der Waals surface area contributed by atoms with Crippen molar-refractivity contribution >= 4 is 23.5 Å². The molecule has 3 fully saturated rings. The first-order valence-corrected chi connectivity index (χ1v) is 11.6. The van der Waals surface area contributed by atoms with E-state index in [1.54, 1.807) is 35.4 Å². The minimum atomic E-state index is -0.505. The van der Waals surface area contributed by atoms with Crippen molar-refractivity contribution in [1.82, 2.24) is 20.0 Å². The lowest BCUT2D eigenvalue weighted by molar-refractivity contribution is 0.129. The molecule has 2 unspecified atom stereocenters. The quantitative estimate of drug-likeness (QED) is 0.635. The second kappa shape index (κ2) is 7.28. The van der Waals surface area contributed by atoms with E-state index in [1.807, 2.05) is 23.9 Å². The number of carbonyl (C=O) groups is 1. The van der Waals surface area contributed by atoms with Gasteiger partial charge in [-0.1, -0.05) is 11.3 Å². The maximum Gasteiger partial charge on any atom is 0.414 e. The van der Waals surface area contributed by atoms with Crippen LogP contribution >= 0.6 is 11.8 Å². The number of aromatic nitrogens is 4. The molecular formula is C22H21FN6O2S. The summed E-state index contributed by atoms with van der Waals surface area (Å²) in [6, 6.07) is 8.53. The van der Waals surface area contributed by atoms with Crippen LogP contribution in [0.5, 0.6) is 0 Å². The predicted molar refractivity (Wildman–Crippen MR) is 117 cm³/mol. The van der Waals surface area contributed by atoms with Crippen LogP contribution in [0, 0.1) is 17.7 Å². The smallest absolute Gasteiger partial charge is 0.414 e. The number of pyridine rings is 1. The van der Waals surface area contributed by atoms with Crippen molar-refractivity contribution in [3.63, 3.8) is 0 Å². The molecule has 3 atom stereocenters. The minimum Gasteiger partial charge on any atom is -0.442 e. The Balaban J connectivity index is 1.19. The van der Waals surface area contributed by atoms with Gasteiger partial charge in [-0.2, -0.15) is 11.8 Å². The molecule has 2 aromatic heterocycles. The molecule has 3 aliphatic rings. The highest BCUT2D eigenvalue weighted by atomic mass is 32.2. The minimum absolute atomic E-state index is 0.312. The number of hydrogen-bond acceptors (Lipinski definition) is 7. The van der Waals surface area contributed by atoms with Gasteiger partial charge in [0.2, 0.25) is 0 Å². The summed E-state index contributed by atoms with van der Waals surface area (Å²) in [5, 5.41) is 7.63. The third-order valence-corrected chi connectivity index (χ3v) is 7.91. The Labute approximate surface area is 187 Å². The zero-order valence-electron chi connectivity index (χ0n) is 17.1. The first-order valence-electron chi connectivity index (χ1n) is 10.5. The van der Waals surface area contributed by atoms with Gasteiger partial charge >= 0.3 is 6.09 Å². The van der Waals surface area contributed by atoms with Crippen LogP contribution in [0.2, 0.25) is 0 Å². The normalized spacial score (nSPS) is 28.6. The third-order valence-electron chi connectivity index (χ3n) is 6.72. The largest absolute Gasteiger partial charge is 0.442 e. The molecular weight excluding hydrogens is 431 g/mol.